The number of aromatic nitrogens is 5. The smallest absolute Gasteiger partial charge is 0.263 e. The molecule has 5 rings (SSSR count). The molecule has 10 heteroatoms. The zero-order valence-corrected chi connectivity index (χ0v) is 19.5. The van der Waals surface area contributed by atoms with Crippen molar-refractivity contribution in [1.82, 2.24) is 24.1 Å². The first kappa shape index (κ1) is 20.1. The Morgan fingerprint density at radius 3 is 2.81 bits per heavy atom. The van der Waals surface area contributed by atoms with Gasteiger partial charge in [0.1, 0.15) is 26.5 Å². The Morgan fingerprint density at radius 2 is 2.03 bits per heavy atom. The maximum Gasteiger partial charge on any atom is 0.263 e. The van der Waals surface area contributed by atoms with E-state index < -0.39 is 0 Å². The quantitative estimate of drug-likeness (QED) is 0.339. The molecule has 0 aliphatic heterocycles. The minimum Gasteiger partial charge on any atom is -0.383 e. The van der Waals surface area contributed by atoms with E-state index in [2.05, 4.69) is 37.7 Å². The number of nitrogens with zero attached hydrogens (tertiary/aromatic N) is 5. The molecule has 1 aromatic carbocycles. The number of hydrogen-bond donors (Lipinski definition) is 1. The van der Waals surface area contributed by atoms with Crippen molar-refractivity contribution in [1.29, 1.82) is 0 Å². The number of aryl methyl sites for hydroxylation is 1. The number of fused-ring (bicyclic) bond motifs is 2. The first-order chi connectivity index (χ1) is 14.9. The van der Waals surface area contributed by atoms with Crippen LogP contribution in [0.2, 0.25) is 0 Å². The van der Waals surface area contributed by atoms with Crippen LogP contribution >= 0.6 is 33.9 Å². The van der Waals surface area contributed by atoms with Gasteiger partial charge in [-0.1, -0.05) is 12.1 Å². The van der Waals surface area contributed by atoms with Gasteiger partial charge in [-0.15, -0.1) is 11.3 Å². The molecular formula is C21H16FIN6OS. The highest BCUT2D eigenvalue weighted by atomic mass is 127. The summed E-state index contributed by atoms with van der Waals surface area (Å²) in [5.74, 6) is 0.0108. The van der Waals surface area contributed by atoms with Gasteiger partial charge in [0.25, 0.3) is 5.56 Å². The summed E-state index contributed by atoms with van der Waals surface area (Å²) in [6.07, 6.45) is 1.42. The van der Waals surface area contributed by atoms with Gasteiger partial charge in [0.2, 0.25) is 0 Å². The van der Waals surface area contributed by atoms with Crippen LogP contribution in [0.15, 0.2) is 47.5 Å². The summed E-state index contributed by atoms with van der Waals surface area (Å²) in [4.78, 5) is 23.5. The molecule has 0 aliphatic rings. The number of nitrogen functional groups attached to an aromatic ring is 1. The summed E-state index contributed by atoms with van der Waals surface area (Å²) in [5, 5.41) is 5.36. The molecule has 5 aromatic rings. The zero-order chi connectivity index (χ0) is 21.9. The highest BCUT2D eigenvalue weighted by Gasteiger charge is 2.23. The largest absolute Gasteiger partial charge is 0.383 e. The van der Waals surface area contributed by atoms with Crippen molar-refractivity contribution in [3.8, 4) is 11.1 Å². The third-order valence-electron chi connectivity index (χ3n) is 5.31. The van der Waals surface area contributed by atoms with E-state index in [1.165, 1.54) is 29.8 Å². The molecule has 1 atom stereocenters. The number of anilines is 1. The van der Waals surface area contributed by atoms with Gasteiger partial charge in [-0.25, -0.2) is 19.0 Å². The lowest BCUT2D eigenvalue weighted by atomic mass is 10.1. The molecular weight excluding hydrogens is 530 g/mol. The van der Waals surface area contributed by atoms with E-state index >= 15 is 0 Å². The Morgan fingerprint density at radius 1 is 1.23 bits per heavy atom. The third-order valence-corrected chi connectivity index (χ3v) is 7.45. The summed E-state index contributed by atoms with van der Waals surface area (Å²) in [5.41, 5.74) is 8.32. The summed E-state index contributed by atoms with van der Waals surface area (Å²) in [7, 11) is 0. The molecule has 0 bridgehead atoms. The molecule has 4 aromatic heterocycles. The molecule has 156 valence electrons. The van der Waals surface area contributed by atoms with Crippen LogP contribution in [0.25, 0.3) is 27.0 Å². The second-order valence-corrected chi connectivity index (χ2v) is 9.24. The molecule has 0 radical (unpaired) electrons. The van der Waals surface area contributed by atoms with Crippen molar-refractivity contribution in [3.63, 3.8) is 0 Å². The second-order valence-electron chi connectivity index (χ2n) is 7.16. The first-order valence-corrected chi connectivity index (χ1v) is 11.3. The Bertz CT molecular complexity index is 1540. The summed E-state index contributed by atoms with van der Waals surface area (Å²) >= 11 is 3.65. The van der Waals surface area contributed by atoms with Gasteiger partial charge in [0, 0.05) is 11.3 Å². The SMILES string of the molecule is Cc1c([C@H](C)n2nc(I)c3c(N)ncnc32)sc2ccc(-c3cccc(F)c3)c(=O)n12. The molecule has 31 heavy (non-hydrogen) atoms. The lowest BCUT2D eigenvalue weighted by molar-refractivity contribution is 0.579. The highest BCUT2D eigenvalue weighted by Crippen LogP contribution is 2.33. The van der Waals surface area contributed by atoms with E-state index in [0.29, 0.717) is 22.6 Å². The number of pyridine rings is 1. The molecule has 0 saturated heterocycles. The van der Waals surface area contributed by atoms with E-state index in [0.717, 1.165) is 24.5 Å². The van der Waals surface area contributed by atoms with Gasteiger partial charge < -0.3 is 5.73 Å². The predicted octanol–water partition coefficient (Wildman–Crippen LogP) is 4.41. The Hall–Kier alpha value is -2.86. The average Bonchev–Trinajstić information content (AvgIpc) is 3.26. The summed E-state index contributed by atoms with van der Waals surface area (Å²) < 4.78 is 17.9. The fourth-order valence-corrected chi connectivity index (χ4v) is 5.74. The fraction of sp³-hybridized carbons (Fsp3) is 0.143. The van der Waals surface area contributed by atoms with Crippen LogP contribution < -0.4 is 11.3 Å². The van der Waals surface area contributed by atoms with E-state index in [-0.39, 0.29) is 17.4 Å². The van der Waals surface area contributed by atoms with Crippen molar-refractivity contribution in [2.75, 3.05) is 5.73 Å². The Balaban J connectivity index is 1.69. The van der Waals surface area contributed by atoms with Gasteiger partial charge in [0.05, 0.1) is 16.3 Å². The number of hydrogen-bond acceptors (Lipinski definition) is 6. The average molecular weight is 546 g/mol. The van der Waals surface area contributed by atoms with Crippen LogP contribution in [0, 0.1) is 16.4 Å². The molecule has 0 spiro atoms. The molecule has 0 fully saturated rings. The second kappa shape index (κ2) is 7.38. The summed E-state index contributed by atoms with van der Waals surface area (Å²) in [6.45, 7) is 3.92. The predicted molar refractivity (Wildman–Crippen MR) is 128 cm³/mol. The number of thiazole rings is 1. The van der Waals surface area contributed by atoms with Crippen LogP contribution in [-0.4, -0.2) is 24.1 Å². The normalized spacial score (nSPS) is 12.6. The van der Waals surface area contributed by atoms with Crippen LogP contribution in [0.5, 0.6) is 0 Å². The molecule has 7 nitrogen and oxygen atoms in total. The number of nitrogens with two attached hydrogens (primary N) is 1. The van der Waals surface area contributed by atoms with Crippen molar-refractivity contribution in [2.24, 2.45) is 0 Å². The van der Waals surface area contributed by atoms with Crippen LogP contribution in [0.1, 0.15) is 23.5 Å². The Kier molecular flexibility index (Phi) is 4.77. The van der Waals surface area contributed by atoms with E-state index in [1.807, 2.05) is 24.6 Å². The molecule has 0 amide bonds. The standard InChI is InChI=1S/C21H16FIN6OS/c1-10-17(11(2)29-20-16(18(23)27-29)19(24)25-9-26-20)31-15-7-6-14(21(30)28(10)15)12-4-3-5-13(22)8-12/h3-9,11H,1-2H3,(H2,24,25,26)/t11-/m0/s1. The maximum atomic E-state index is 13.7. The van der Waals surface area contributed by atoms with Gasteiger partial charge in [0.15, 0.2) is 5.65 Å². The van der Waals surface area contributed by atoms with Crippen LogP contribution in [0.4, 0.5) is 10.2 Å². The Labute approximate surface area is 193 Å². The lowest BCUT2D eigenvalue weighted by Gasteiger charge is -2.12. The zero-order valence-electron chi connectivity index (χ0n) is 16.5. The number of benzene rings is 1. The van der Waals surface area contributed by atoms with Crippen molar-refractivity contribution in [2.45, 2.75) is 19.9 Å². The third kappa shape index (κ3) is 3.12. The van der Waals surface area contributed by atoms with Gasteiger partial charge in [-0.05, 0) is 66.3 Å². The molecule has 0 unspecified atom stereocenters. The van der Waals surface area contributed by atoms with E-state index in [9.17, 15) is 9.18 Å². The monoisotopic (exact) mass is 546 g/mol. The van der Waals surface area contributed by atoms with Crippen LogP contribution in [0.3, 0.4) is 0 Å². The topological polar surface area (TPSA) is 91.1 Å². The van der Waals surface area contributed by atoms with E-state index in [1.54, 1.807) is 22.6 Å². The molecule has 0 aliphatic carbocycles. The molecule has 0 saturated carbocycles. The minimum absolute atomic E-state index is 0.178. The first-order valence-electron chi connectivity index (χ1n) is 9.42. The van der Waals surface area contributed by atoms with Crippen molar-refractivity contribution >= 4 is 55.6 Å². The summed E-state index contributed by atoms with van der Waals surface area (Å²) in [6, 6.07) is 9.53. The molecule has 4 heterocycles. The van der Waals surface area contributed by atoms with Gasteiger partial charge >= 0.3 is 0 Å². The van der Waals surface area contributed by atoms with E-state index in [4.69, 9.17) is 5.73 Å². The maximum absolute atomic E-state index is 13.7. The number of rotatable bonds is 3. The highest BCUT2D eigenvalue weighted by molar-refractivity contribution is 14.1. The van der Waals surface area contributed by atoms with Gasteiger partial charge in [-0.3, -0.25) is 9.20 Å². The van der Waals surface area contributed by atoms with Crippen molar-refractivity contribution in [3.05, 3.63) is 73.2 Å². The minimum atomic E-state index is -0.375. The van der Waals surface area contributed by atoms with Crippen LogP contribution in [-0.2, 0) is 0 Å². The molecule has 2 N–H and O–H groups in total. The number of halogens is 2. The van der Waals surface area contributed by atoms with Crippen molar-refractivity contribution < 1.29 is 4.39 Å². The van der Waals surface area contributed by atoms with Gasteiger partial charge in [-0.2, -0.15) is 5.10 Å². The fourth-order valence-electron chi connectivity index (χ4n) is 3.81. The lowest BCUT2D eigenvalue weighted by Crippen LogP contribution is -2.16.